The van der Waals surface area contributed by atoms with Gasteiger partial charge in [-0.05, 0) is 67.7 Å². The Kier molecular flexibility index (Phi) is 20.7. The Hall–Kier alpha value is -6.97. The standard InChI is InChI=1S/C42H63N13O9/c1-24(2)34(40(63)64)54-39(62)32-13-8-20-55(32)33(57)23-50-36(59)30(22-26-14-16-27(56)17-15-26)52-38(61)31(21-25-9-4-3-5-10-25)53-37(60)29(12-7-19-49-42(46)47)51-35(58)28(43)11-6-18-48-41(44)45/h3-5,9-10,14-17,24,28-32,34,56H,6-8,11-13,18-23,43H2,1-2H3,(H,50,59)(H,51,58)(H,52,61)(H,53,60)(H,54,62)(H,63,64)(H4,44,45,48)(H4,46,47,49)/t28-,29-,30-,31-,32-,34-/m0/s1. The zero-order valence-electron chi connectivity index (χ0n) is 36.2. The molecule has 0 spiro atoms. The van der Waals surface area contributed by atoms with Gasteiger partial charge in [0.2, 0.25) is 35.4 Å². The molecule has 0 aliphatic carbocycles. The highest BCUT2D eigenvalue weighted by molar-refractivity contribution is 5.96. The van der Waals surface area contributed by atoms with E-state index in [4.69, 9.17) is 28.7 Å². The third kappa shape index (κ3) is 17.4. The number of hydrogen-bond donors (Lipinski definition) is 12. The molecular formula is C42H63N13O9. The van der Waals surface area contributed by atoms with Crippen molar-refractivity contribution in [3.63, 3.8) is 0 Å². The number of hydrogen-bond acceptors (Lipinski definition) is 11. The molecule has 1 aliphatic rings. The number of carboxylic acids is 1. The number of amides is 6. The smallest absolute Gasteiger partial charge is 0.326 e. The van der Waals surface area contributed by atoms with E-state index < -0.39 is 90.1 Å². The summed E-state index contributed by atoms with van der Waals surface area (Å²) in [5, 5.41) is 32.6. The Morgan fingerprint density at radius 3 is 1.81 bits per heavy atom. The lowest BCUT2D eigenvalue weighted by Gasteiger charge is -2.27. The number of nitrogens with one attached hydrogen (secondary N) is 5. The van der Waals surface area contributed by atoms with E-state index in [0.29, 0.717) is 24.0 Å². The summed E-state index contributed by atoms with van der Waals surface area (Å²) in [6.07, 6.45) is 1.49. The van der Waals surface area contributed by atoms with E-state index in [-0.39, 0.29) is 75.8 Å². The van der Waals surface area contributed by atoms with Crippen LogP contribution in [-0.2, 0) is 46.4 Å². The first-order chi connectivity index (χ1) is 30.4. The molecule has 22 nitrogen and oxygen atoms in total. The van der Waals surface area contributed by atoms with Gasteiger partial charge in [0.25, 0.3) is 0 Å². The molecule has 1 heterocycles. The number of phenols is 1. The molecule has 6 atom stereocenters. The van der Waals surface area contributed by atoms with Gasteiger partial charge < -0.3 is 70.4 Å². The molecule has 6 amide bonds. The second kappa shape index (κ2) is 25.8. The highest BCUT2D eigenvalue weighted by atomic mass is 16.4. The van der Waals surface area contributed by atoms with Gasteiger partial charge in [0.05, 0.1) is 12.6 Å². The number of rotatable bonds is 25. The van der Waals surface area contributed by atoms with Crippen molar-refractivity contribution in [3.05, 3.63) is 65.7 Å². The Morgan fingerprint density at radius 1 is 0.719 bits per heavy atom. The summed E-state index contributed by atoms with van der Waals surface area (Å²) in [5.74, 6) is -6.10. The van der Waals surface area contributed by atoms with Gasteiger partial charge in [0.1, 0.15) is 36.0 Å². The Morgan fingerprint density at radius 2 is 1.25 bits per heavy atom. The molecule has 17 N–H and O–H groups in total. The molecule has 1 fully saturated rings. The minimum Gasteiger partial charge on any atom is -0.508 e. The molecule has 64 heavy (non-hydrogen) atoms. The average molecular weight is 894 g/mol. The van der Waals surface area contributed by atoms with Gasteiger partial charge in [0.15, 0.2) is 11.9 Å². The number of aliphatic carboxylic acids is 1. The largest absolute Gasteiger partial charge is 0.508 e. The second-order valence-corrected chi connectivity index (χ2v) is 15.8. The summed E-state index contributed by atoms with van der Waals surface area (Å²) < 4.78 is 0. The van der Waals surface area contributed by atoms with Crippen molar-refractivity contribution in [3.8, 4) is 5.75 Å². The van der Waals surface area contributed by atoms with Gasteiger partial charge in [-0.15, -0.1) is 0 Å². The minimum absolute atomic E-state index is 0.0378. The summed E-state index contributed by atoms with van der Waals surface area (Å²) in [6.45, 7) is 3.29. The fourth-order valence-corrected chi connectivity index (χ4v) is 6.87. The van der Waals surface area contributed by atoms with Gasteiger partial charge in [-0.25, -0.2) is 4.79 Å². The van der Waals surface area contributed by atoms with Crippen molar-refractivity contribution in [2.24, 2.45) is 44.6 Å². The van der Waals surface area contributed by atoms with Crippen LogP contribution in [0, 0.1) is 5.92 Å². The van der Waals surface area contributed by atoms with E-state index in [2.05, 4.69) is 36.6 Å². The molecule has 0 bridgehead atoms. The summed E-state index contributed by atoms with van der Waals surface area (Å²) in [7, 11) is 0. The molecule has 0 unspecified atom stereocenters. The number of nitrogens with zero attached hydrogens (tertiary/aromatic N) is 3. The first kappa shape index (κ1) is 51.4. The third-order valence-electron chi connectivity index (χ3n) is 10.3. The average Bonchev–Trinajstić information content (AvgIpc) is 3.75. The number of carboxylic acid groups (broad SMARTS) is 1. The number of likely N-dealkylation sites (tertiary alicyclic amines) is 1. The molecule has 0 aromatic heterocycles. The fourth-order valence-electron chi connectivity index (χ4n) is 6.87. The Bertz CT molecular complexity index is 1960. The first-order valence-electron chi connectivity index (χ1n) is 21.1. The molecule has 2 aromatic rings. The second-order valence-electron chi connectivity index (χ2n) is 15.8. The number of nitrogens with two attached hydrogens (primary N) is 5. The summed E-state index contributed by atoms with van der Waals surface area (Å²) in [4.78, 5) is 103. The lowest BCUT2D eigenvalue weighted by atomic mass is 10.0. The Labute approximate surface area is 371 Å². The lowest BCUT2D eigenvalue weighted by molar-refractivity contribution is -0.145. The van der Waals surface area contributed by atoms with Gasteiger partial charge >= 0.3 is 5.97 Å². The minimum atomic E-state index is -1.33. The zero-order valence-corrected chi connectivity index (χ0v) is 36.2. The van der Waals surface area contributed by atoms with E-state index in [1.165, 1.54) is 17.0 Å². The van der Waals surface area contributed by atoms with Crippen LogP contribution in [0.15, 0.2) is 64.6 Å². The molecular weight excluding hydrogens is 831 g/mol. The monoisotopic (exact) mass is 893 g/mol. The van der Waals surface area contributed by atoms with E-state index in [0.717, 1.165) is 0 Å². The van der Waals surface area contributed by atoms with Crippen LogP contribution < -0.4 is 55.3 Å². The molecule has 1 aliphatic heterocycles. The molecule has 350 valence electrons. The van der Waals surface area contributed by atoms with Crippen molar-refractivity contribution < 1.29 is 43.8 Å². The van der Waals surface area contributed by atoms with Crippen LogP contribution in [0.2, 0.25) is 0 Å². The van der Waals surface area contributed by atoms with E-state index in [9.17, 15) is 43.8 Å². The maximum Gasteiger partial charge on any atom is 0.326 e. The van der Waals surface area contributed by atoms with Crippen molar-refractivity contribution in [1.82, 2.24) is 31.5 Å². The summed E-state index contributed by atoms with van der Waals surface area (Å²) in [5.41, 5.74) is 29.0. The van der Waals surface area contributed by atoms with Crippen LogP contribution in [0.4, 0.5) is 0 Å². The molecule has 0 radical (unpaired) electrons. The van der Waals surface area contributed by atoms with E-state index in [1.54, 1.807) is 56.3 Å². The predicted molar refractivity (Wildman–Crippen MR) is 238 cm³/mol. The number of carbonyl (C=O) groups is 7. The van der Waals surface area contributed by atoms with Crippen LogP contribution in [0.25, 0.3) is 0 Å². The number of aromatic hydroxyl groups is 1. The van der Waals surface area contributed by atoms with Crippen LogP contribution in [0.1, 0.15) is 63.5 Å². The number of guanidine groups is 2. The van der Waals surface area contributed by atoms with Crippen molar-refractivity contribution >= 4 is 53.3 Å². The highest BCUT2D eigenvalue weighted by Gasteiger charge is 2.37. The normalized spacial score (nSPS) is 15.6. The highest BCUT2D eigenvalue weighted by Crippen LogP contribution is 2.19. The third-order valence-corrected chi connectivity index (χ3v) is 10.3. The van der Waals surface area contributed by atoms with Crippen LogP contribution in [0.5, 0.6) is 5.75 Å². The van der Waals surface area contributed by atoms with Crippen LogP contribution in [-0.4, -0.2) is 131 Å². The summed E-state index contributed by atoms with van der Waals surface area (Å²) in [6, 6.07) is 7.67. The predicted octanol–water partition coefficient (Wildman–Crippen LogP) is -2.60. The maximum atomic E-state index is 14.3. The van der Waals surface area contributed by atoms with Gasteiger partial charge in [-0.1, -0.05) is 56.3 Å². The number of phenolic OH excluding ortho intramolecular Hbond substituents is 1. The molecule has 3 rings (SSSR count). The van der Waals surface area contributed by atoms with Crippen molar-refractivity contribution in [2.45, 2.75) is 101 Å². The zero-order chi connectivity index (χ0) is 47.3. The van der Waals surface area contributed by atoms with Gasteiger partial charge in [0, 0.05) is 32.5 Å². The topological polar surface area (TPSA) is 378 Å². The van der Waals surface area contributed by atoms with Gasteiger partial charge in [-0.3, -0.25) is 38.8 Å². The van der Waals surface area contributed by atoms with Crippen LogP contribution in [0.3, 0.4) is 0 Å². The maximum absolute atomic E-state index is 14.3. The molecule has 22 heteroatoms. The van der Waals surface area contributed by atoms with Crippen LogP contribution >= 0.6 is 0 Å². The molecule has 2 aromatic carbocycles. The first-order valence-corrected chi connectivity index (χ1v) is 21.1. The number of aliphatic imine (C=N–C) groups is 2. The molecule has 1 saturated heterocycles. The van der Waals surface area contributed by atoms with Crippen molar-refractivity contribution in [2.75, 3.05) is 26.2 Å². The SMILES string of the molecule is CC(C)[C@H](NC(=O)[C@@H]1CCCN1C(=O)CNC(=O)[C@H](Cc1ccc(O)cc1)NC(=O)[C@H](Cc1ccccc1)NC(=O)[C@H](CCCN=C(N)N)NC(=O)[C@@H](N)CCCN=C(N)N)C(=O)O. The number of carbonyl (C=O) groups excluding carboxylic acids is 6. The fraction of sp³-hybridized carbons (Fsp3) is 0.500. The van der Waals surface area contributed by atoms with E-state index in [1.807, 2.05) is 0 Å². The number of benzene rings is 2. The lowest BCUT2D eigenvalue weighted by Crippen LogP contribution is -2.59. The van der Waals surface area contributed by atoms with Gasteiger partial charge in [-0.2, -0.15) is 0 Å². The molecule has 0 saturated carbocycles. The summed E-state index contributed by atoms with van der Waals surface area (Å²) >= 11 is 0. The quantitative estimate of drug-likeness (QED) is 0.0276. The van der Waals surface area contributed by atoms with Crippen molar-refractivity contribution in [1.29, 1.82) is 0 Å². The van der Waals surface area contributed by atoms with E-state index >= 15 is 0 Å². The Balaban J connectivity index is 1.85.